The maximum atomic E-state index is 13.5. The first-order chi connectivity index (χ1) is 24.0. The van der Waals surface area contributed by atoms with Crippen LogP contribution in [0.2, 0.25) is 0 Å². The number of carbonyl (C=O) groups is 2. The fourth-order valence-corrected chi connectivity index (χ4v) is 5.59. The number of aromatic nitrogens is 4. The van der Waals surface area contributed by atoms with Gasteiger partial charge in [0.05, 0.1) is 36.9 Å². The van der Waals surface area contributed by atoms with Crippen molar-refractivity contribution in [1.29, 1.82) is 0 Å². The first-order valence-electron chi connectivity index (χ1n) is 15.5. The van der Waals surface area contributed by atoms with Gasteiger partial charge in [0.15, 0.2) is 0 Å². The molecule has 0 aliphatic carbocycles. The number of ether oxygens (including phenoxy) is 3. The molecular weight excluding hydrogens is 702 g/mol. The van der Waals surface area contributed by atoms with E-state index in [9.17, 15) is 9.59 Å². The van der Waals surface area contributed by atoms with Crippen molar-refractivity contribution in [3.05, 3.63) is 113 Å². The number of carbonyl (C=O) groups excluding carboxylic acids is 2. The van der Waals surface area contributed by atoms with Crippen LogP contribution in [0.5, 0.6) is 17.4 Å². The Bertz CT molecular complexity index is 2200. The van der Waals surface area contributed by atoms with Gasteiger partial charge in [0.25, 0.3) is 0 Å². The molecule has 0 fully saturated rings. The minimum absolute atomic E-state index is 0.246. The fourth-order valence-electron chi connectivity index (χ4n) is 5.09. The lowest BCUT2D eigenvalue weighted by atomic mass is 9.92. The van der Waals surface area contributed by atoms with Crippen molar-refractivity contribution in [2.45, 2.75) is 26.2 Å². The maximum absolute atomic E-state index is 13.5. The molecule has 0 saturated carbocycles. The van der Waals surface area contributed by atoms with Crippen LogP contribution in [-0.4, -0.2) is 46.0 Å². The third kappa shape index (κ3) is 7.68. The van der Waals surface area contributed by atoms with Crippen LogP contribution in [0, 0.1) is 0 Å². The second-order valence-corrected chi connectivity index (χ2v) is 13.1. The van der Waals surface area contributed by atoms with Gasteiger partial charge in [0.2, 0.25) is 11.8 Å². The smallest absolute Gasteiger partial charge is 0.337 e. The summed E-state index contributed by atoms with van der Waals surface area (Å²) in [5.74, 6) is 1.84. The molecule has 0 aliphatic heterocycles. The van der Waals surface area contributed by atoms with E-state index in [1.54, 1.807) is 54.4 Å². The van der Waals surface area contributed by atoms with Crippen LogP contribution in [0.1, 0.15) is 36.8 Å². The Morgan fingerprint density at radius 3 is 2.34 bits per heavy atom. The highest BCUT2D eigenvalue weighted by Gasteiger charge is 2.22. The molecule has 6 rings (SSSR count). The van der Waals surface area contributed by atoms with Crippen molar-refractivity contribution in [1.82, 2.24) is 19.7 Å². The predicted octanol–water partition coefficient (Wildman–Crippen LogP) is 8.85. The number of hydrogen-bond acceptors (Lipinski definition) is 9. The van der Waals surface area contributed by atoms with Gasteiger partial charge in [0.1, 0.15) is 17.3 Å². The van der Waals surface area contributed by atoms with E-state index in [0.29, 0.717) is 33.0 Å². The number of halogens is 1. The van der Waals surface area contributed by atoms with Crippen molar-refractivity contribution in [3.63, 3.8) is 0 Å². The summed E-state index contributed by atoms with van der Waals surface area (Å²) in [6, 6.07) is 26.7. The molecule has 2 amide bonds. The van der Waals surface area contributed by atoms with Gasteiger partial charge in [-0.2, -0.15) is 10.1 Å². The molecule has 0 aliphatic rings. The highest BCUT2D eigenvalue weighted by Crippen LogP contribution is 2.35. The summed E-state index contributed by atoms with van der Waals surface area (Å²) in [7, 11) is 2.94. The summed E-state index contributed by atoms with van der Waals surface area (Å²) in [6.07, 6.45) is 1.56. The number of urea groups is 1. The Morgan fingerprint density at radius 1 is 0.860 bits per heavy atom. The average molecular weight is 737 g/mol. The van der Waals surface area contributed by atoms with Gasteiger partial charge in [-0.1, -0.05) is 61.0 Å². The molecule has 2 heterocycles. The molecule has 0 atom stereocenters. The van der Waals surface area contributed by atoms with E-state index in [1.807, 2.05) is 54.6 Å². The maximum Gasteiger partial charge on any atom is 0.337 e. The minimum Gasteiger partial charge on any atom is -0.497 e. The number of nitrogens with one attached hydrogen (secondary N) is 3. The highest BCUT2D eigenvalue weighted by molar-refractivity contribution is 9.10. The number of methoxy groups -OCH3 is 2. The molecule has 13 heteroatoms. The van der Waals surface area contributed by atoms with E-state index in [1.165, 1.54) is 7.11 Å². The zero-order valence-electron chi connectivity index (χ0n) is 27.9. The zero-order chi connectivity index (χ0) is 35.4. The summed E-state index contributed by atoms with van der Waals surface area (Å²) in [6.45, 7) is 6.20. The number of amides is 2. The van der Waals surface area contributed by atoms with E-state index in [4.69, 9.17) is 19.3 Å². The Labute approximate surface area is 296 Å². The summed E-state index contributed by atoms with van der Waals surface area (Å²) >= 11 is 3.42. The Hall–Kier alpha value is -5.95. The van der Waals surface area contributed by atoms with Crippen LogP contribution < -0.4 is 25.4 Å². The second-order valence-electron chi connectivity index (χ2n) is 12.2. The van der Waals surface area contributed by atoms with E-state index in [2.05, 4.69) is 62.6 Å². The van der Waals surface area contributed by atoms with Crippen LogP contribution in [0.4, 0.5) is 27.9 Å². The van der Waals surface area contributed by atoms with Crippen LogP contribution >= 0.6 is 15.9 Å². The molecule has 4 aromatic carbocycles. The number of hydrogen-bond donors (Lipinski definition) is 3. The van der Waals surface area contributed by atoms with Gasteiger partial charge in [0, 0.05) is 44.7 Å². The normalized spacial score (nSPS) is 11.2. The lowest BCUT2D eigenvalue weighted by molar-refractivity contribution is 0.0600. The third-order valence-electron chi connectivity index (χ3n) is 7.59. The number of esters is 1. The zero-order valence-corrected chi connectivity index (χ0v) is 29.5. The van der Waals surface area contributed by atoms with Crippen LogP contribution in [0.3, 0.4) is 0 Å². The topological polar surface area (TPSA) is 142 Å². The third-order valence-corrected chi connectivity index (χ3v) is 8.05. The first-order valence-corrected chi connectivity index (χ1v) is 16.3. The molecule has 2 aromatic heterocycles. The van der Waals surface area contributed by atoms with Crippen LogP contribution in [0.15, 0.2) is 102 Å². The van der Waals surface area contributed by atoms with Gasteiger partial charge < -0.3 is 24.8 Å². The van der Waals surface area contributed by atoms with Gasteiger partial charge in [-0.15, -0.1) is 0 Å². The Balaban J connectivity index is 1.22. The summed E-state index contributed by atoms with van der Waals surface area (Å²) in [5, 5.41) is 15.4. The molecule has 0 saturated heterocycles. The van der Waals surface area contributed by atoms with Crippen molar-refractivity contribution in [2.75, 3.05) is 30.2 Å². The molecule has 3 N–H and O–H groups in total. The summed E-state index contributed by atoms with van der Waals surface area (Å²) in [5.41, 5.74) is 2.87. The number of anilines is 4. The Kier molecular flexibility index (Phi) is 9.68. The summed E-state index contributed by atoms with van der Waals surface area (Å²) in [4.78, 5) is 34.3. The molecule has 6 aromatic rings. The lowest BCUT2D eigenvalue weighted by Crippen LogP contribution is -2.21. The molecule has 50 heavy (non-hydrogen) atoms. The van der Waals surface area contributed by atoms with Crippen molar-refractivity contribution in [2.24, 2.45) is 0 Å². The van der Waals surface area contributed by atoms with E-state index in [0.717, 1.165) is 27.9 Å². The molecule has 0 unspecified atom stereocenters. The minimum atomic E-state index is -0.468. The highest BCUT2D eigenvalue weighted by atomic mass is 79.9. The number of rotatable bonds is 9. The van der Waals surface area contributed by atoms with Crippen molar-refractivity contribution >= 4 is 61.8 Å². The molecule has 0 radical (unpaired) electrons. The van der Waals surface area contributed by atoms with Gasteiger partial charge in [-0.25, -0.2) is 19.3 Å². The van der Waals surface area contributed by atoms with Crippen molar-refractivity contribution < 1.29 is 23.8 Å². The van der Waals surface area contributed by atoms with E-state index in [-0.39, 0.29) is 17.2 Å². The quantitative estimate of drug-likeness (QED) is 0.124. The molecule has 254 valence electrons. The monoisotopic (exact) mass is 735 g/mol. The number of fused-ring (bicyclic) bond motifs is 1. The molecule has 12 nitrogen and oxygen atoms in total. The first kappa shape index (κ1) is 33.9. The molecule has 0 spiro atoms. The lowest BCUT2D eigenvalue weighted by Gasteiger charge is -2.14. The fraction of sp³-hybridized carbons (Fsp3) is 0.162. The Morgan fingerprint density at radius 2 is 1.62 bits per heavy atom. The van der Waals surface area contributed by atoms with E-state index < -0.39 is 12.0 Å². The van der Waals surface area contributed by atoms with Crippen molar-refractivity contribution in [3.8, 4) is 23.1 Å². The van der Waals surface area contributed by atoms with E-state index >= 15 is 0 Å². The standard InChI is InChI=1S/C37H34BrN7O5/c1-37(2,3)31-21-32(45(44-31)25-10-12-26(48-4)13-11-25)42-36(47)41-29-14-15-30(28-9-7-6-8-27(28)29)50-33-16-17-39-35(43-33)40-24-19-22(34(46)49-5)18-23(38)20-24/h6-21H,1-5H3,(H,39,40,43)(H2,41,42,47). The van der Waals surface area contributed by atoms with Gasteiger partial charge in [-0.05, 0) is 54.6 Å². The average Bonchev–Trinajstić information content (AvgIpc) is 3.53. The summed E-state index contributed by atoms with van der Waals surface area (Å²) < 4.78 is 18.8. The van der Waals surface area contributed by atoms with Gasteiger partial charge >= 0.3 is 12.0 Å². The molecule has 0 bridgehead atoms. The predicted molar refractivity (Wildman–Crippen MR) is 196 cm³/mol. The molecular formula is C37H34BrN7O5. The largest absolute Gasteiger partial charge is 0.497 e. The van der Waals surface area contributed by atoms with Crippen LogP contribution in [-0.2, 0) is 10.2 Å². The number of nitrogens with zero attached hydrogens (tertiary/aromatic N) is 4. The number of benzene rings is 4. The van der Waals surface area contributed by atoms with Gasteiger partial charge in [-0.3, -0.25) is 5.32 Å². The SMILES string of the molecule is COC(=O)c1cc(Br)cc(Nc2nccc(Oc3ccc(NC(=O)Nc4cc(C(C)(C)C)nn4-c4ccc(OC)cc4)c4ccccc34)n2)c1. The second kappa shape index (κ2) is 14.3. The van der Waals surface area contributed by atoms with Crippen LogP contribution in [0.25, 0.3) is 16.5 Å².